The van der Waals surface area contributed by atoms with Crippen LogP contribution in [0.3, 0.4) is 0 Å². The van der Waals surface area contributed by atoms with E-state index in [1.165, 1.54) is 0 Å². The van der Waals surface area contributed by atoms with Crippen molar-refractivity contribution >= 4 is 51.2 Å². The van der Waals surface area contributed by atoms with Gasteiger partial charge >= 0.3 is 5.97 Å². The molecule has 1 spiro atoms. The molecule has 2 amide bonds. The van der Waals surface area contributed by atoms with Gasteiger partial charge in [-0.1, -0.05) is 54.4 Å². The van der Waals surface area contributed by atoms with Gasteiger partial charge in [0.2, 0.25) is 5.91 Å². The summed E-state index contributed by atoms with van der Waals surface area (Å²) in [5.41, 5.74) is 2.75. The van der Waals surface area contributed by atoms with Crippen LogP contribution in [0.1, 0.15) is 44.7 Å². The molecule has 4 rings (SSSR count). The van der Waals surface area contributed by atoms with E-state index >= 15 is 0 Å². The third kappa shape index (κ3) is 4.52. The quantitative estimate of drug-likeness (QED) is 0.243. The third-order valence-electron chi connectivity index (χ3n) is 8.60. The van der Waals surface area contributed by atoms with Gasteiger partial charge in [-0.2, -0.15) is 0 Å². The second-order valence-corrected chi connectivity index (χ2v) is 13.5. The molecule has 9 heteroatoms. The molecule has 2 bridgehead atoms. The molecule has 0 radical (unpaired) electrons. The van der Waals surface area contributed by atoms with Crippen molar-refractivity contribution in [3.05, 3.63) is 42.0 Å². The summed E-state index contributed by atoms with van der Waals surface area (Å²) in [7, 11) is 0. The average Bonchev–Trinajstić information content (AvgIpc) is 3.48. The number of ether oxygens (including phenoxy) is 1. The predicted molar refractivity (Wildman–Crippen MR) is 154 cm³/mol. The van der Waals surface area contributed by atoms with Gasteiger partial charge in [0.05, 0.1) is 35.8 Å². The summed E-state index contributed by atoms with van der Waals surface area (Å²) in [6, 6.07) is 4.61. The molecule has 3 aliphatic rings. The Kier molecular flexibility index (Phi) is 8.70. The Labute approximate surface area is 238 Å². The fraction of sp³-hybridized carbons (Fsp3) is 0.621. The molecular weight excluding hydrogens is 568 g/mol. The molecule has 208 valence electrons. The normalized spacial score (nSPS) is 31.2. The molecule has 1 aromatic carbocycles. The number of rotatable bonds is 10. The zero-order chi connectivity index (χ0) is 27.9. The summed E-state index contributed by atoms with van der Waals surface area (Å²) in [6.45, 7) is 13.9. The Hall–Kier alpha value is -1.84. The van der Waals surface area contributed by atoms with Gasteiger partial charge in [-0.05, 0) is 50.3 Å². The first-order chi connectivity index (χ1) is 18.1. The number of thioether (sulfide) groups is 1. The smallest absolute Gasteiger partial charge is 0.310 e. The zero-order valence-corrected chi connectivity index (χ0v) is 25.3. The first kappa shape index (κ1) is 29.2. The SMILES string of the molecule is C=CCN(C(=O)C1N([C@@H](CO)[C@@H](C)CC)C(=O)[C@@H]2[C@H](C(=O)OCC)[C@H]3SC12CC3Br)c1cc(C)ccc1C. The maximum absolute atomic E-state index is 14.8. The van der Waals surface area contributed by atoms with Crippen LogP contribution in [0.25, 0.3) is 0 Å². The average molecular weight is 608 g/mol. The van der Waals surface area contributed by atoms with Gasteiger partial charge in [0.1, 0.15) is 6.04 Å². The van der Waals surface area contributed by atoms with E-state index in [-0.39, 0.29) is 53.5 Å². The first-order valence-corrected chi connectivity index (χ1v) is 15.3. The lowest BCUT2D eigenvalue weighted by atomic mass is 9.71. The van der Waals surface area contributed by atoms with Crippen molar-refractivity contribution in [3.63, 3.8) is 0 Å². The number of likely N-dealkylation sites (tertiary alicyclic amines) is 1. The monoisotopic (exact) mass is 606 g/mol. The molecule has 0 aliphatic carbocycles. The molecule has 3 saturated heterocycles. The molecule has 3 unspecified atom stereocenters. The lowest BCUT2D eigenvalue weighted by molar-refractivity contribution is -0.154. The molecule has 38 heavy (non-hydrogen) atoms. The fourth-order valence-corrected chi connectivity index (χ4v) is 10.2. The number of aryl methyl sites for hydroxylation is 2. The highest BCUT2D eigenvalue weighted by Crippen LogP contribution is 2.68. The van der Waals surface area contributed by atoms with Crippen molar-refractivity contribution in [1.82, 2.24) is 4.90 Å². The Morgan fingerprint density at radius 3 is 2.68 bits per heavy atom. The number of hydrogen-bond acceptors (Lipinski definition) is 6. The van der Waals surface area contributed by atoms with Crippen LogP contribution in [0, 0.1) is 31.6 Å². The van der Waals surface area contributed by atoms with E-state index < -0.39 is 28.7 Å². The molecule has 0 aromatic heterocycles. The van der Waals surface area contributed by atoms with E-state index in [1.807, 2.05) is 45.9 Å². The highest BCUT2D eigenvalue weighted by atomic mass is 79.9. The van der Waals surface area contributed by atoms with Crippen LogP contribution in [0.4, 0.5) is 5.69 Å². The van der Waals surface area contributed by atoms with Gasteiger partial charge in [0.15, 0.2) is 0 Å². The minimum Gasteiger partial charge on any atom is -0.466 e. The topological polar surface area (TPSA) is 87.2 Å². The van der Waals surface area contributed by atoms with Crippen LogP contribution in [0.2, 0.25) is 0 Å². The molecule has 7 nitrogen and oxygen atoms in total. The van der Waals surface area contributed by atoms with Crippen molar-refractivity contribution in [3.8, 4) is 0 Å². The molecule has 1 aromatic rings. The number of carbonyl (C=O) groups excluding carboxylic acids is 3. The largest absolute Gasteiger partial charge is 0.466 e. The summed E-state index contributed by atoms with van der Waals surface area (Å²) in [5, 5.41) is 10.4. The number of nitrogens with zero attached hydrogens (tertiary/aromatic N) is 2. The standard InChI is InChI=1S/C29H39BrN2O5S/c1-7-12-31(20-13-16(4)10-11-18(20)6)27(35)25-29-14-19(30)24(38-29)22(28(36)37-9-3)23(29)26(34)32(25)21(15-33)17(5)8-2/h7,10-11,13,17,19,21-25,33H,1,8-9,12,14-15H2,2-6H3/t17-,19?,21-,22-,23-,24-,25?,29?/m0/s1. The van der Waals surface area contributed by atoms with Crippen LogP contribution in [-0.2, 0) is 19.1 Å². The van der Waals surface area contributed by atoms with Crippen LogP contribution < -0.4 is 4.90 Å². The Morgan fingerprint density at radius 2 is 2.08 bits per heavy atom. The minimum atomic E-state index is -0.833. The summed E-state index contributed by atoms with van der Waals surface area (Å²) >= 11 is 5.37. The molecule has 3 heterocycles. The highest BCUT2D eigenvalue weighted by molar-refractivity contribution is 9.09. The van der Waals surface area contributed by atoms with Crippen LogP contribution >= 0.6 is 27.7 Å². The number of alkyl halides is 1. The van der Waals surface area contributed by atoms with E-state index in [9.17, 15) is 19.5 Å². The number of aliphatic hydroxyl groups is 1. The number of aliphatic hydroxyl groups excluding tert-OH is 1. The van der Waals surface area contributed by atoms with Crippen molar-refractivity contribution < 1.29 is 24.2 Å². The number of benzene rings is 1. The van der Waals surface area contributed by atoms with Gasteiger partial charge in [0.25, 0.3) is 5.91 Å². The number of anilines is 1. The number of halogens is 1. The summed E-state index contributed by atoms with van der Waals surface area (Å²) in [5.74, 6) is -2.17. The van der Waals surface area contributed by atoms with Crippen molar-refractivity contribution in [1.29, 1.82) is 0 Å². The Morgan fingerprint density at radius 1 is 1.37 bits per heavy atom. The lowest BCUT2D eigenvalue weighted by Gasteiger charge is -2.41. The summed E-state index contributed by atoms with van der Waals surface area (Å²) < 4.78 is 4.65. The van der Waals surface area contributed by atoms with Crippen molar-refractivity contribution in [2.45, 2.75) is 74.4 Å². The maximum atomic E-state index is 14.8. The zero-order valence-electron chi connectivity index (χ0n) is 22.9. The van der Waals surface area contributed by atoms with E-state index in [1.54, 1.807) is 34.6 Å². The Bertz CT molecular complexity index is 1110. The molecule has 3 fully saturated rings. The first-order valence-electron chi connectivity index (χ1n) is 13.5. The second kappa shape index (κ2) is 11.3. The summed E-state index contributed by atoms with van der Waals surface area (Å²) in [6.07, 6.45) is 3.01. The number of esters is 1. The number of hydrogen-bond donors (Lipinski definition) is 1. The number of amides is 2. The van der Waals surface area contributed by atoms with E-state index in [4.69, 9.17) is 4.74 Å². The molecule has 3 aliphatic heterocycles. The molecule has 8 atom stereocenters. The summed E-state index contributed by atoms with van der Waals surface area (Å²) in [4.78, 5) is 45.7. The van der Waals surface area contributed by atoms with Gasteiger partial charge in [-0.3, -0.25) is 14.4 Å². The predicted octanol–water partition coefficient (Wildman–Crippen LogP) is 4.26. The van der Waals surface area contributed by atoms with Gasteiger partial charge in [-0.25, -0.2) is 0 Å². The van der Waals surface area contributed by atoms with E-state index in [0.717, 1.165) is 23.2 Å². The van der Waals surface area contributed by atoms with Crippen LogP contribution in [0.15, 0.2) is 30.9 Å². The van der Waals surface area contributed by atoms with Gasteiger partial charge in [0, 0.05) is 22.3 Å². The van der Waals surface area contributed by atoms with E-state index in [2.05, 4.69) is 22.5 Å². The van der Waals surface area contributed by atoms with Crippen LogP contribution in [0.5, 0.6) is 0 Å². The second-order valence-electron chi connectivity index (χ2n) is 10.8. The maximum Gasteiger partial charge on any atom is 0.310 e. The molecular formula is C29H39BrN2O5S. The molecule has 1 N–H and O–H groups in total. The van der Waals surface area contributed by atoms with E-state index in [0.29, 0.717) is 6.42 Å². The van der Waals surface area contributed by atoms with Crippen molar-refractivity contribution in [2.75, 3.05) is 24.7 Å². The van der Waals surface area contributed by atoms with Gasteiger partial charge in [-0.15, -0.1) is 18.3 Å². The van der Waals surface area contributed by atoms with Crippen molar-refractivity contribution in [2.24, 2.45) is 17.8 Å². The number of fused-ring (bicyclic) bond motifs is 1. The Balaban J connectivity index is 1.89. The lowest BCUT2D eigenvalue weighted by Crippen LogP contribution is -2.59. The molecule has 0 saturated carbocycles. The van der Waals surface area contributed by atoms with Crippen LogP contribution in [-0.4, -0.2) is 74.5 Å². The third-order valence-corrected chi connectivity index (χ3v) is 11.8. The van der Waals surface area contributed by atoms with Gasteiger partial charge < -0.3 is 19.6 Å². The fourth-order valence-electron chi connectivity index (χ4n) is 6.62. The highest BCUT2D eigenvalue weighted by Gasteiger charge is 2.76. The number of carbonyl (C=O) groups is 3. The minimum absolute atomic E-state index is 0.0361.